The molecule has 0 saturated carbocycles. The zero-order valence-corrected chi connectivity index (χ0v) is 16.8. The fraction of sp³-hybridized carbons (Fsp3) is 0.300. The number of amides is 2. The van der Waals surface area contributed by atoms with Crippen LogP contribution >= 0.6 is 0 Å². The van der Waals surface area contributed by atoms with Crippen LogP contribution in [0.15, 0.2) is 41.3 Å². The fourth-order valence-corrected chi connectivity index (χ4v) is 3.90. The Labute approximate surface area is 164 Å². The van der Waals surface area contributed by atoms with E-state index in [0.29, 0.717) is 11.4 Å². The number of benzene rings is 2. The van der Waals surface area contributed by atoms with Gasteiger partial charge in [0, 0.05) is 5.69 Å². The summed E-state index contributed by atoms with van der Waals surface area (Å²) in [6.45, 7) is 4.96. The largest absolute Gasteiger partial charge is 0.482 e. The molecule has 1 N–H and O–H groups in total. The van der Waals surface area contributed by atoms with Crippen LogP contribution in [0, 0.1) is 13.8 Å². The number of fused-ring (bicyclic) bond motifs is 1. The number of hydrogen-bond donors (Lipinski definition) is 1. The van der Waals surface area contributed by atoms with Crippen LogP contribution in [0.1, 0.15) is 18.1 Å². The zero-order chi connectivity index (χ0) is 20.5. The van der Waals surface area contributed by atoms with Gasteiger partial charge < -0.3 is 10.1 Å². The molecule has 2 amide bonds. The Morgan fingerprint density at radius 3 is 2.61 bits per heavy atom. The molecule has 148 valence electrons. The quantitative estimate of drug-likeness (QED) is 0.829. The minimum Gasteiger partial charge on any atom is -0.482 e. The predicted octanol–water partition coefficient (Wildman–Crippen LogP) is 2.46. The topological polar surface area (TPSA) is 92.8 Å². The van der Waals surface area contributed by atoms with E-state index in [4.69, 9.17) is 4.74 Å². The third kappa shape index (κ3) is 4.01. The molecule has 28 heavy (non-hydrogen) atoms. The summed E-state index contributed by atoms with van der Waals surface area (Å²) in [7, 11) is -3.45. The van der Waals surface area contributed by atoms with Crippen LogP contribution in [0.5, 0.6) is 5.75 Å². The van der Waals surface area contributed by atoms with Crippen LogP contribution in [0.2, 0.25) is 0 Å². The van der Waals surface area contributed by atoms with Gasteiger partial charge in [-0.3, -0.25) is 14.5 Å². The summed E-state index contributed by atoms with van der Waals surface area (Å²) in [5.74, 6) is -0.478. The highest BCUT2D eigenvalue weighted by atomic mass is 32.2. The first kappa shape index (κ1) is 19.9. The van der Waals surface area contributed by atoms with Gasteiger partial charge in [-0.1, -0.05) is 24.6 Å². The second kappa shape index (κ2) is 7.63. The van der Waals surface area contributed by atoms with E-state index >= 15 is 0 Å². The standard InChI is InChI=1S/C20H22N2O5S/c1-4-28(25,26)15-6-8-18-17(10-15)22(20(24)12-27-18)11-19(23)21-16-7-5-13(2)9-14(16)3/h5-10H,4,11-12H2,1-3H3,(H,21,23). The number of nitrogens with one attached hydrogen (secondary N) is 1. The molecule has 7 nitrogen and oxygen atoms in total. The van der Waals surface area contributed by atoms with Gasteiger partial charge in [0.2, 0.25) is 5.91 Å². The second-order valence-electron chi connectivity index (χ2n) is 6.67. The lowest BCUT2D eigenvalue weighted by molar-refractivity contribution is -0.123. The molecule has 0 aliphatic carbocycles. The van der Waals surface area contributed by atoms with Crippen molar-refractivity contribution in [3.63, 3.8) is 0 Å². The van der Waals surface area contributed by atoms with E-state index in [0.717, 1.165) is 11.1 Å². The van der Waals surface area contributed by atoms with Gasteiger partial charge in [-0.15, -0.1) is 0 Å². The number of rotatable bonds is 5. The Morgan fingerprint density at radius 2 is 1.93 bits per heavy atom. The Kier molecular flexibility index (Phi) is 5.42. The number of aryl methyl sites for hydroxylation is 2. The van der Waals surface area contributed by atoms with Gasteiger partial charge in [-0.05, 0) is 43.7 Å². The predicted molar refractivity (Wildman–Crippen MR) is 107 cm³/mol. The monoisotopic (exact) mass is 402 g/mol. The average Bonchev–Trinajstić information content (AvgIpc) is 2.66. The van der Waals surface area contributed by atoms with Crippen molar-refractivity contribution in [1.29, 1.82) is 0 Å². The summed E-state index contributed by atoms with van der Waals surface area (Å²) in [5, 5.41) is 2.80. The fourth-order valence-electron chi connectivity index (χ4n) is 3.00. The summed E-state index contributed by atoms with van der Waals surface area (Å²) in [6.07, 6.45) is 0. The highest BCUT2D eigenvalue weighted by molar-refractivity contribution is 7.91. The van der Waals surface area contributed by atoms with Crippen molar-refractivity contribution in [2.75, 3.05) is 29.1 Å². The molecular weight excluding hydrogens is 380 g/mol. The summed E-state index contributed by atoms with van der Waals surface area (Å²) in [6, 6.07) is 9.99. The molecule has 1 aliphatic heterocycles. The minimum absolute atomic E-state index is 0.0617. The summed E-state index contributed by atoms with van der Waals surface area (Å²) < 4.78 is 29.7. The molecule has 0 unspecified atom stereocenters. The van der Waals surface area contributed by atoms with E-state index < -0.39 is 15.7 Å². The lowest BCUT2D eigenvalue weighted by Gasteiger charge is -2.29. The highest BCUT2D eigenvalue weighted by Crippen LogP contribution is 2.34. The van der Waals surface area contributed by atoms with Crippen molar-refractivity contribution < 1.29 is 22.7 Å². The molecule has 1 heterocycles. The maximum Gasteiger partial charge on any atom is 0.265 e. The van der Waals surface area contributed by atoms with Gasteiger partial charge in [0.25, 0.3) is 5.91 Å². The Bertz CT molecular complexity index is 1050. The number of ether oxygens (including phenoxy) is 1. The third-order valence-corrected chi connectivity index (χ3v) is 6.30. The van der Waals surface area contributed by atoms with Crippen molar-refractivity contribution >= 4 is 33.0 Å². The van der Waals surface area contributed by atoms with Gasteiger partial charge in [-0.2, -0.15) is 0 Å². The van der Waals surface area contributed by atoms with E-state index in [1.165, 1.54) is 23.1 Å². The number of anilines is 2. The van der Waals surface area contributed by atoms with Gasteiger partial charge in [0.1, 0.15) is 12.3 Å². The molecule has 2 aromatic carbocycles. The molecule has 0 spiro atoms. The molecule has 0 fully saturated rings. The normalized spacial score (nSPS) is 13.7. The number of sulfone groups is 1. The molecule has 0 atom stereocenters. The molecule has 0 bridgehead atoms. The summed E-state index contributed by atoms with van der Waals surface area (Å²) in [4.78, 5) is 26.3. The van der Waals surface area contributed by atoms with Crippen molar-refractivity contribution in [3.05, 3.63) is 47.5 Å². The third-order valence-electron chi connectivity index (χ3n) is 4.57. The van der Waals surface area contributed by atoms with Crippen LogP contribution < -0.4 is 15.0 Å². The van der Waals surface area contributed by atoms with Crippen LogP contribution in [-0.2, 0) is 19.4 Å². The molecule has 3 rings (SSSR count). The average molecular weight is 402 g/mol. The van der Waals surface area contributed by atoms with Crippen molar-refractivity contribution in [1.82, 2.24) is 0 Å². The lowest BCUT2D eigenvalue weighted by Crippen LogP contribution is -2.43. The SMILES string of the molecule is CCS(=O)(=O)c1ccc2c(c1)N(CC(=O)Nc1ccc(C)cc1C)C(=O)CO2. The van der Waals surface area contributed by atoms with Gasteiger partial charge in [-0.25, -0.2) is 8.42 Å². The van der Waals surface area contributed by atoms with Crippen molar-refractivity contribution in [2.45, 2.75) is 25.7 Å². The molecular formula is C20H22N2O5S. The molecule has 0 radical (unpaired) electrons. The molecule has 2 aromatic rings. The second-order valence-corrected chi connectivity index (χ2v) is 8.95. The van der Waals surface area contributed by atoms with E-state index in [-0.39, 0.29) is 35.4 Å². The van der Waals surface area contributed by atoms with E-state index in [2.05, 4.69) is 5.32 Å². The van der Waals surface area contributed by atoms with Gasteiger partial charge >= 0.3 is 0 Å². The maximum absolute atomic E-state index is 12.5. The van der Waals surface area contributed by atoms with Gasteiger partial charge in [0.05, 0.1) is 16.3 Å². The first-order valence-corrected chi connectivity index (χ1v) is 10.5. The summed E-state index contributed by atoms with van der Waals surface area (Å²) >= 11 is 0. The maximum atomic E-state index is 12.5. The molecule has 0 saturated heterocycles. The Balaban J connectivity index is 1.87. The number of hydrogen-bond acceptors (Lipinski definition) is 5. The smallest absolute Gasteiger partial charge is 0.265 e. The van der Waals surface area contributed by atoms with E-state index in [1.54, 1.807) is 6.92 Å². The lowest BCUT2D eigenvalue weighted by atomic mass is 10.1. The minimum atomic E-state index is -3.45. The number of carbonyl (C=O) groups is 2. The van der Waals surface area contributed by atoms with E-state index in [9.17, 15) is 18.0 Å². The summed E-state index contributed by atoms with van der Waals surface area (Å²) in [5.41, 5.74) is 2.94. The number of carbonyl (C=O) groups excluding carboxylic acids is 2. The molecule has 8 heteroatoms. The van der Waals surface area contributed by atoms with Crippen LogP contribution in [-0.4, -0.2) is 39.1 Å². The Morgan fingerprint density at radius 1 is 1.18 bits per heavy atom. The Hall–Kier alpha value is -2.87. The number of nitrogens with zero attached hydrogens (tertiary/aromatic N) is 1. The van der Waals surface area contributed by atoms with E-state index in [1.807, 2.05) is 32.0 Å². The highest BCUT2D eigenvalue weighted by Gasteiger charge is 2.29. The van der Waals surface area contributed by atoms with Gasteiger partial charge in [0.15, 0.2) is 16.4 Å². The first-order chi connectivity index (χ1) is 13.2. The van der Waals surface area contributed by atoms with Crippen molar-refractivity contribution in [3.8, 4) is 5.75 Å². The van der Waals surface area contributed by atoms with Crippen molar-refractivity contribution in [2.24, 2.45) is 0 Å². The molecule has 1 aliphatic rings. The first-order valence-electron chi connectivity index (χ1n) is 8.88. The molecule has 0 aromatic heterocycles. The van der Waals surface area contributed by atoms with Crippen LogP contribution in [0.25, 0.3) is 0 Å². The zero-order valence-electron chi connectivity index (χ0n) is 16.0. The van der Waals surface area contributed by atoms with Crippen LogP contribution in [0.4, 0.5) is 11.4 Å². The van der Waals surface area contributed by atoms with Crippen LogP contribution in [0.3, 0.4) is 0 Å².